The summed E-state index contributed by atoms with van der Waals surface area (Å²) in [6, 6.07) is 21.3. The van der Waals surface area contributed by atoms with Crippen molar-refractivity contribution in [1.29, 1.82) is 0 Å². The first-order valence-electron chi connectivity index (χ1n) is 12.5. The van der Waals surface area contributed by atoms with E-state index in [0.29, 0.717) is 30.8 Å². The number of ether oxygens (including phenoxy) is 1. The number of hydrogen-bond donors (Lipinski definition) is 1. The van der Waals surface area contributed by atoms with E-state index < -0.39 is 5.82 Å². The number of halogens is 1. The molecule has 1 aliphatic rings. The Morgan fingerprint density at radius 1 is 0.973 bits per heavy atom. The molecule has 3 aromatic carbocycles. The number of hydrogen-bond acceptors (Lipinski definition) is 3. The number of para-hydroxylation sites is 2. The SMILES string of the molecule is COc1ccccc1CN(CCc1c[nH]c2ccccc12)C(=O)CN(C(=O)c1ccc(F)cc1)C1CC1. The van der Waals surface area contributed by atoms with Crippen LogP contribution in [0.3, 0.4) is 0 Å². The molecule has 0 bridgehead atoms. The average Bonchev–Trinajstić information content (AvgIpc) is 3.69. The molecule has 7 heteroatoms. The monoisotopic (exact) mass is 499 g/mol. The van der Waals surface area contributed by atoms with Gasteiger partial charge in [0.2, 0.25) is 5.91 Å². The van der Waals surface area contributed by atoms with Crippen LogP contribution < -0.4 is 4.74 Å². The lowest BCUT2D eigenvalue weighted by Crippen LogP contribution is -2.44. The van der Waals surface area contributed by atoms with E-state index in [1.165, 1.54) is 24.3 Å². The molecule has 1 fully saturated rings. The average molecular weight is 500 g/mol. The maximum Gasteiger partial charge on any atom is 0.254 e. The molecule has 0 saturated heterocycles. The molecule has 1 N–H and O–H groups in total. The Kier molecular flexibility index (Phi) is 7.21. The Bertz CT molecular complexity index is 1390. The molecule has 2 amide bonds. The minimum Gasteiger partial charge on any atom is -0.496 e. The summed E-state index contributed by atoms with van der Waals surface area (Å²) in [5.41, 5.74) is 3.48. The quantitative estimate of drug-likeness (QED) is 0.327. The number of aromatic nitrogens is 1. The minimum atomic E-state index is -0.397. The van der Waals surface area contributed by atoms with Crippen LogP contribution in [0.1, 0.15) is 34.3 Å². The predicted molar refractivity (Wildman–Crippen MR) is 141 cm³/mol. The molecule has 0 aliphatic heterocycles. The van der Waals surface area contributed by atoms with Gasteiger partial charge in [-0.15, -0.1) is 0 Å². The lowest BCUT2D eigenvalue weighted by Gasteiger charge is -2.28. The van der Waals surface area contributed by atoms with Crippen molar-refractivity contribution in [3.63, 3.8) is 0 Å². The second-order valence-corrected chi connectivity index (χ2v) is 9.41. The van der Waals surface area contributed by atoms with Gasteiger partial charge in [0, 0.05) is 47.4 Å². The van der Waals surface area contributed by atoms with Crippen LogP contribution in [0.15, 0.2) is 79.0 Å². The third-order valence-electron chi connectivity index (χ3n) is 6.88. The molecular weight excluding hydrogens is 469 g/mol. The smallest absolute Gasteiger partial charge is 0.254 e. The maximum absolute atomic E-state index is 13.7. The Hall–Kier alpha value is -4.13. The van der Waals surface area contributed by atoms with Gasteiger partial charge >= 0.3 is 0 Å². The Morgan fingerprint density at radius 2 is 1.70 bits per heavy atom. The predicted octanol–water partition coefficient (Wildman–Crippen LogP) is 5.19. The van der Waals surface area contributed by atoms with E-state index in [-0.39, 0.29) is 24.4 Å². The van der Waals surface area contributed by atoms with E-state index in [0.717, 1.165) is 34.9 Å². The van der Waals surface area contributed by atoms with Gasteiger partial charge in [-0.05, 0) is 61.2 Å². The van der Waals surface area contributed by atoms with Crippen LogP contribution in [0.25, 0.3) is 10.9 Å². The van der Waals surface area contributed by atoms with Crippen molar-refractivity contribution in [3.05, 3.63) is 102 Å². The van der Waals surface area contributed by atoms with Gasteiger partial charge in [-0.1, -0.05) is 36.4 Å². The number of rotatable bonds is 10. The van der Waals surface area contributed by atoms with Gasteiger partial charge in [0.15, 0.2) is 0 Å². The molecule has 1 aliphatic carbocycles. The fraction of sp³-hybridized carbons (Fsp3) is 0.267. The first kappa shape index (κ1) is 24.6. The number of aromatic amines is 1. The second kappa shape index (κ2) is 10.9. The first-order valence-corrected chi connectivity index (χ1v) is 12.5. The Morgan fingerprint density at radius 3 is 2.46 bits per heavy atom. The van der Waals surface area contributed by atoms with Gasteiger partial charge in [-0.3, -0.25) is 9.59 Å². The zero-order valence-corrected chi connectivity index (χ0v) is 20.8. The summed E-state index contributed by atoms with van der Waals surface area (Å²) in [6.07, 6.45) is 4.38. The third kappa shape index (κ3) is 5.66. The van der Waals surface area contributed by atoms with Crippen LogP contribution in [0, 0.1) is 5.82 Å². The number of H-pyrrole nitrogens is 1. The molecule has 1 saturated carbocycles. The highest BCUT2D eigenvalue weighted by Gasteiger charge is 2.35. The Balaban J connectivity index is 1.37. The molecule has 1 heterocycles. The fourth-order valence-electron chi connectivity index (χ4n) is 4.68. The molecule has 5 rings (SSSR count). The summed E-state index contributed by atoms with van der Waals surface area (Å²) >= 11 is 0. The third-order valence-corrected chi connectivity index (χ3v) is 6.88. The molecule has 0 spiro atoms. The van der Waals surface area contributed by atoms with Crippen molar-refractivity contribution >= 4 is 22.7 Å². The van der Waals surface area contributed by atoms with E-state index >= 15 is 0 Å². The highest BCUT2D eigenvalue weighted by molar-refractivity contribution is 5.97. The maximum atomic E-state index is 13.7. The van der Waals surface area contributed by atoms with Crippen LogP contribution in [0.5, 0.6) is 5.75 Å². The van der Waals surface area contributed by atoms with Crippen molar-refractivity contribution in [3.8, 4) is 5.75 Å². The second-order valence-electron chi connectivity index (χ2n) is 9.41. The van der Waals surface area contributed by atoms with Crippen molar-refractivity contribution in [2.45, 2.75) is 31.8 Å². The van der Waals surface area contributed by atoms with E-state index in [9.17, 15) is 14.0 Å². The summed E-state index contributed by atoms with van der Waals surface area (Å²) in [7, 11) is 1.62. The van der Waals surface area contributed by atoms with Crippen molar-refractivity contribution in [2.24, 2.45) is 0 Å². The van der Waals surface area contributed by atoms with Crippen LogP contribution in [-0.2, 0) is 17.8 Å². The lowest BCUT2D eigenvalue weighted by atomic mass is 10.1. The summed E-state index contributed by atoms with van der Waals surface area (Å²) in [4.78, 5) is 33.7. The highest BCUT2D eigenvalue weighted by atomic mass is 19.1. The number of carbonyl (C=O) groups excluding carboxylic acids is 2. The van der Waals surface area contributed by atoms with Crippen molar-refractivity contribution in [1.82, 2.24) is 14.8 Å². The molecule has 190 valence electrons. The number of fused-ring (bicyclic) bond motifs is 1. The van der Waals surface area contributed by atoms with Gasteiger partial charge in [-0.25, -0.2) is 4.39 Å². The van der Waals surface area contributed by atoms with Crippen molar-refractivity contribution < 1.29 is 18.7 Å². The standard InChI is InChI=1S/C30H30FN3O3/c1-37-28-9-5-2-6-23(28)19-33(17-16-22-18-32-27-8-4-3-7-26(22)27)29(35)20-34(25-14-15-25)30(36)21-10-12-24(31)13-11-21/h2-13,18,25,32H,14-17,19-20H2,1H3. The van der Waals surface area contributed by atoms with Gasteiger partial charge in [-0.2, -0.15) is 0 Å². The zero-order chi connectivity index (χ0) is 25.8. The number of carbonyl (C=O) groups is 2. The van der Waals surface area contributed by atoms with Crippen LogP contribution in [-0.4, -0.2) is 52.8 Å². The summed E-state index contributed by atoms with van der Waals surface area (Å²) in [5.74, 6) is -0.0578. The molecule has 37 heavy (non-hydrogen) atoms. The van der Waals surface area contributed by atoms with E-state index in [2.05, 4.69) is 11.1 Å². The zero-order valence-electron chi connectivity index (χ0n) is 20.8. The van der Waals surface area contributed by atoms with E-state index in [1.54, 1.807) is 16.9 Å². The van der Waals surface area contributed by atoms with Crippen molar-refractivity contribution in [2.75, 3.05) is 20.2 Å². The van der Waals surface area contributed by atoms with Crippen LogP contribution in [0.2, 0.25) is 0 Å². The van der Waals surface area contributed by atoms with Gasteiger partial charge in [0.25, 0.3) is 5.91 Å². The molecule has 0 radical (unpaired) electrons. The van der Waals surface area contributed by atoms with Gasteiger partial charge in [0.05, 0.1) is 7.11 Å². The highest BCUT2D eigenvalue weighted by Crippen LogP contribution is 2.29. The van der Waals surface area contributed by atoms with E-state index in [1.807, 2.05) is 48.7 Å². The minimum absolute atomic E-state index is 0.0239. The largest absolute Gasteiger partial charge is 0.496 e. The molecule has 0 unspecified atom stereocenters. The molecular formula is C30H30FN3O3. The molecule has 1 aromatic heterocycles. The Labute approximate surface area is 215 Å². The number of methoxy groups -OCH3 is 1. The number of amides is 2. The fourth-order valence-corrected chi connectivity index (χ4v) is 4.68. The van der Waals surface area contributed by atoms with Gasteiger partial charge < -0.3 is 19.5 Å². The van der Waals surface area contributed by atoms with E-state index in [4.69, 9.17) is 4.74 Å². The molecule has 4 aromatic rings. The van der Waals surface area contributed by atoms with Crippen LogP contribution >= 0.6 is 0 Å². The first-order chi connectivity index (χ1) is 18.0. The lowest BCUT2D eigenvalue weighted by molar-refractivity contribution is -0.132. The summed E-state index contributed by atoms with van der Waals surface area (Å²) in [5, 5.41) is 1.14. The normalized spacial score (nSPS) is 12.9. The van der Waals surface area contributed by atoms with Crippen LogP contribution in [0.4, 0.5) is 4.39 Å². The molecule has 6 nitrogen and oxygen atoms in total. The van der Waals surface area contributed by atoms with Gasteiger partial charge in [0.1, 0.15) is 18.1 Å². The summed E-state index contributed by atoms with van der Waals surface area (Å²) < 4.78 is 18.9. The number of nitrogens with one attached hydrogen (secondary N) is 1. The topological polar surface area (TPSA) is 65.6 Å². The summed E-state index contributed by atoms with van der Waals surface area (Å²) in [6.45, 7) is 0.834. The number of nitrogens with zero attached hydrogens (tertiary/aromatic N) is 2. The molecule has 0 atom stereocenters. The number of benzene rings is 3.